The third-order valence-electron chi connectivity index (χ3n) is 4.93. The largest absolute Gasteiger partial charge is 0.513 e. The highest BCUT2D eigenvalue weighted by molar-refractivity contribution is 7.52. The molecule has 2 aromatic carbocycles. The highest BCUT2D eigenvalue weighted by Gasteiger charge is 2.39. The van der Waals surface area contributed by atoms with Crippen LogP contribution < -0.4 is 14.1 Å². The minimum Gasteiger partial charge on any atom is -0.480 e. The van der Waals surface area contributed by atoms with Crippen LogP contribution in [-0.4, -0.2) is 22.0 Å². The number of benzene rings is 2. The minimum atomic E-state index is -4.18. The Labute approximate surface area is 173 Å². The Morgan fingerprint density at radius 2 is 1.60 bits per heavy atom. The molecule has 0 bridgehead atoms. The van der Waals surface area contributed by atoms with Gasteiger partial charge in [-0.25, -0.2) is 4.57 Å². The second kappa shape index (κ2) is 9.73. The molecule has 160 valence electrons. The highest BCUT2D eigenvalue weighted by atomic mass is 31.2. The van der Waals surface area contributed by atoms with Gasteiger partial charge in [-0.1, -0.05) is 37.5 Å². The van der Waals surface area contributed by atoms with Crippen molar-refractivity contribution in [3.8, 4) is 11.5 Å². The lowest BCUT2D eigenvalue weighted by Crippen LogP contribution is -2.43. The summed E-state index contributed by atoms with van der Waals surface area (Å²) in [4.78, 5) is 22.2. The third kappa shape index (κ3) is 5.81. The Morgan fingerprint density at radius 3 is 2.13 bits per heavy atom. The molecule has 0 aromatic heterocycles. The summed E-state index contributed by atoms with van der Waals surface area (Å²) >= 11 is 0. The number of para-hydroxylation sites is 1. The van der Waals surface area contributed by atoms with E-state index >= 15 is 0 Å². The van der Waals surface area contributed by atoms with Crippen LogP contribution in [0.25, 0.3) is 0 Å². The molecule has 3 rings (SSSR count). The number of hydrogen-bond donors (Lipinski definition) is 2. The van der Waals surface area contributed by atoms with Gasteiger partial charge in [-0.15, -0.1) is 0 Å². The van der Waals surface area contributed by atoms with Gasteiger partial charge in [0.15, 0.2) is 0 Å². The predicted molar refractivity (Wildman–Crippen MR) is 110 cm³/mol. The van der Waals surface area contributed by atoms with Crippen molar-refractivity contribution in [1.29, 1.82) is 0 Å². The van der Waals surface area contributed by atoms with E-state index in [1.807, 2.05) is 0 Å². The lowest BCUT2D eigenvalue weighted by molar-refractivity contribution is -0.384. The molecule has 0 amide bonds. The smallest absolute Gasteiger partial charge is 0.480 e. The second-order valence-electron chi connectivity index (χ2n) is 7.09. The van der Waals surface area contributed by atoms with Crippen molar-refractivity contribution in [2.45, 2.75) is 38.1 Å². The van der Waals surface area contributed by atoms with Gasteiger partial charge in [0.2, 0.25) is 0 Å². The SMILES string of the molecule is O=C(O)[C@@H](NP(=O)(Oc1ccccc1)Oc1ccc([N+](=O)[O-])cc1)C1CCCCC1. The number of aliphatic carboxylic acids is 1. The van der Waals surface area contributed by atoms with E-state index in [1.165, 1.54) is 24.3 Å². The molecule has 0 heterocycles. The van der Waals surface area contributed by atoms with Crippen LogP contribution in [0, 0.1) is 16.0 Å². The predicted octanol–water partition coefficient (Wildman–Crippen LogP) is 4.78. The normalized spacial score (nSPS) is 17.5. The maximum absolute atomic E-state index is 13.6. The maximum atomic E-state index is 13.6. The van der Waals surface area contributed by atoms with Crippen LogP contribution in [-0.2, 0) is 9.36 Å². The zero-order valence-electron chi connectivity index (χ0n) is 16.2. The number of nitro benzene ring substituents is 1. The molecular weight excluding hydrogens is 411 g/mol. The Balaban J connectivity index is 1.86. The van der Waals surface area contributed by atoms with Crippen molar-refractivity contribution < 1.29 is 28.4 Å². The van der Waals surface area contributed by atoms with Crippen LogP contribution in [0.3, 0.4) is 0 Å². The fourth-order valence-electron chi connectivity index (χ4n) is 3.46. The van der Waals surface area contributed by atoms with E-state index in [0.29, 0.717) is 12.8 Å². The fraction of sp³-hybridized carbons (Fsp3) is 0.350. The molecule has 9 nitrogen and oxygen atoms in total. The summed E-state index contributed by atoms with van der Waals surface area (Å²) in [7, 11) is -4.18. The average molecular weight is 434 g/mol. The maximum Gasteiger partial charge on any atom is 0.513 e. The molecule has 1 unspecified atom stereocenters. The lowest BCUT2D eigenvalue weighted by atomic mass is 9.84. The molecule has 0 spiro atoms. The first-order chi connectivity index (χ1) is 14.4. The summed E-state index contributed by atoms with van der Waals surface area (Å²) in [5.74, 6) is -1.04. The molecular formula is C20H23N2O7P. The fourth-order valence-corrected chi connectivity index (χ4v) is 5.06. The number of carbonyl (C=O) groups is 1. The van der Waals surface area contributed by atoms with Crippen molar-refractivity contribution in [3.05, 3.63) is 64.7 Å². The van der Waals surface area contributed by atoms with E-state index in [9.17, 15) is 24.6 Å². The standard InChI is InChI=1S/C20H23N2O7P/c23-20(24)19(15-7-3-1-4-8-15)21-30(27,28-17-9-5-2-6-10-17)29-18-13-11-16(12-14-18)22(25)26/h2,5-6,9-15,19H,1,3-4,7-8H2,(H,21,27)(H,23,24)/t19-,30?/m0/s1. The van der Waals surface area contributed by atoms with Gasteiger partial charge >= 0.3 is 13.7 Å². The van der Waals surface area contributed by atoms with Gasteiger partial charge in [0.1, 0.15) is 17.5 Å². The van der Waals surface area contributed by atoms with E-state index in [-0.39, 0.29) is 23.1 Å². The monoisotopic (exact) mass is 434 g/mol. The average Bonchev–Trinajstić information content (AvgIpc) is 2.73. The Kier molecular flexibility index (Phi) is 7.07. The van der Waals surface area contributed by atoms with Gasteiger partial charge in [0, 0.05) is 12.1 Å². The van der Waals surface area contributed by atoms with E-state index in [0.717, 1.165) is 19.3 Å². The molecule has 1 aliphatic rings. The second-order valence-corrected chi connectivity index (χ2v) is 8.71. The van der Waals surface area contributed by atoms with E-state index < -0.39 is 24.7 Å². The van der Waals surface area contributed by atoms with Crippen molar-refractivity contribution >= 4 is 19.4 Å². The molecule has 0 aliphatic heterocycles. The van der Waals surface area contributed by atoms with Gasteiger partial charge in [0.25, 0.3) is 5.69 Å². The lowest BCUT2D eigenvalue weighted by Gasteiger charge is -2.30. The molecule has 2 atom stereocenters. The van der Waals surface area contributed by atoms with Crippen molar-refractivity contribution in [2.24, 2.45) is 5.92 Å². The Bertz CT molecular complexity index is 915. The molecule has 10 heteroatoms. The van der Waals surface area contributed by atoms with Crippen molar-refractivity contribution in [2.75, 3.05) is 0 Å². The summed E-state index contributed by atoms with van der Waals surface area (Å²) in [6.45, 7) is 0. The molecule has 30 heavy (non-hydrogen) atoms. The number of rotatable bonds is 9. The molecule has 0 radical (unpaired) electrons. The number of nitrogens with zero attached hydrogens (tertiary/aromatic N) is 1. The summed E-state index contributed by atoms with van der Waals surface area (Å²) in [6, 6.07) is 12.1. The van der Waals surface area contributed by atoms with Crippen molar-refractivity contribution in [1.82, 2.24) is 5.09 Å². The molecule has 0 saturated heterocycles. The van der Waals surface area contributed by atoms with Crippen LogP contribution in [0.4, 0.5) is 5.69 Å². The Morgan fingerprint density at radius 1 is 1.03 bits per heavy atom. The third-order valence-corrected chi connectivity index (χ3v) is 6.42. The van der Waals surface area contributed by atoms with Gasteiger partial charge in [-0.3, -0.25) is 14.9 Å². The summed E-state index contributed by atoms with van der Waals surface area (Å²) < 4.78 is 24.7. The minimum absolute atomic E-state index is 0.0557. The molecule has 1 aliphatic carbocycles. The molecule has 1 saturated carbocycles. The van der Waals surface area contributed by atoms with E-state index in [1.54, 1.807) is 30.3 Å². The van der Waals surface area contributed by atoms with Gasteiger partial charge < -0.3 is 14.2 Å². The van der Waals surface area contributed by atoms with Gasteiger partial charge in [0.05, 0.1) is 4.92 Å². The van der Waals surface area contributed by atoms with Crippen LogP contribution in [0.5, 0.6) is 11.5 Å². The number of carboxylic acids is 1. The first kappa shape index (κ1) is 21.8. The summed E-state index contributed by atoms with van der Waals surface area (Å²) in [5, 5.41) is 23.2. The Hall–Kier alpha value is -2.90. The number of carboxylic acid groups (broad SMARTS) is 1. The van der Waals surface area contributed by atoms with Crippen molar-refractivity contribution in [3.63, 3.8) is 0 Å². The molecule has 2 aromatic rings. The van der Waals surface area contributed by atoms with E-state index in [2.05, 4.69) is 5.09 Å². The van der Waals surface area contributed by atoms with Crippen LogP contribution in [0.15, 0.2) is 54.6 Å². The molecule has 1 fully saturated rings. The topological polar surface area (TPSA) is 128 Å². The number of hydrogen-bond acceptors (Lipinski definition) is 6. The summed E-state index contributed by atoms with van der Waals surface area (Å²) in [6.07, 6.45) is 4.26. The highest BCUT2D eigenvalue weighted by Crippen LogP contribution is 2.46. The summed E-state index contributed by atoms with van der Waals surface area (Å²) in [5.41, 5.74) is -0.153. The van der Waals surface area contributed by atoms with Gasteiger partial charge in [-0.05, 0) is 43.0 Å². The number of nitro groups is 1. The first-order valence-corrected chi connectivity index (χ1v) is 11.2. The van der Waals surface area contributed by atoms with Crippen LogP contribution in [0.1, 0.15) is 32.1 Å². The quantitative estimate of drug-likeness (QED) is 0.328. The molecule has 2 N–H and O–H groups in total. The van der Waals surface area contributed by atoms with E-state index in [4.69, 9.17) is 9.05 Å². The zero-order valence-corrected chi connectivity index (χ0v) is 17.1. The van der Waals surface area contributed by atoms with Gasteiger partial charge in [-0.2, -0.15) is 5.09 Å². The number of non-ortho nitro benzene ring substituents is 1. The number of nitrogens with one attached hydrogen (secondary N) is 1. The first-order valence-electron chi connectivity index (χ1n) is 9.66. The zero-order chi connectivity index (χ0) is 21.6. The van der Waals surface area contributed by atoms with Crippen LogP contribution in [0.2, 0.25) is 0 Å². The van der Waals surface area contributed by atoms with Crippen LogP contribution >= 0.6 is 7.75 Å².